The van der Waals surface area contributed by atoms with Gasteiger partial charge in [-0.1, -0.05) is 50.8 Å². The number of rotatable bonds is 8. The summed E-state index contributed by atoms with van der Waals surface area (Å²) >= 11 is 0. The standard InChI is InChI=1S/C16H24FNO/c1-3-4-5-6-7-12-16(19)18(2)13-14-10-8-9-11-15(14)17/h8-11H,3-7,12-13H2,1-2H3. The zero-order valence-electron chi connectivity index (χ0n) is 12.0. The number of amides is 1. The Hall–Kier alpha value is -1.38. The van der Waals surface area contributed by atoms with Crippen molar-refractivity contribution >= 4 is 5.91 Å². The van der Waals surface area contributed by atoms with Gasteiger partial charge in [-0.2, -0.15) is 0 Å². The summed E-state index contributed by atoms with van der Waals surface area (Å²) in [6.45, 7) is 2.52. The van der Waals surface area contributed by atoms with Crippen molar-refractivity contribution in [3.63, 3.8) is 0 Å². The van der Waals surface area contributed by atoms with Crippen LogP contribution in [-0.2, 0) is 11.3 Å². The molecule has 0 aromatic heterocycles. The topological polar surface area (TPSA) is 20.3 Å². The molecule has 0 radical (unpaired) electrons. The summed E-state index contributed by atoms with van der Waals surface area (Å²) in [5.41, 5.74) is 0.573. The van der Waals surface area contributed by atoms with Crippen LogP contribution in [0.1, 0.15) is 51.0 Å². The van der Waals surface area contributed by atoms with E-state index in [4.69, 9.17) is 0 Å². The second-order valence-electron chi connectivity index (χ2n) is 5.01. The third kappa shape index (κ3) is 5.86. The van der Waals surface area contributed by atoms with Crippen LogP contribution in [-0.4, -0.2) is 17.9 Å². The summed E-state index contributed by atoms with van der Waals surface area (Å²) in [6.07, 6.45) is 6.24. The highest BCUT2D eigenvalue weighted by atomic mass is 19.1. The van der Waals surface area contributed by atoms with Gasteiger partial charge in [0.25, 0.3) is 0 Å². The molecule has 1 aromatic carbocycles. The predicted molar refractivity (Wildman–Crippen MR) is 76.3 cm³/mol. The number of carbonyl (C=O) groups is 1. The summed E-state index contributed by atoms with van der Waals surface area (Å²) in [6, 6.07) is 6.61. The van der Waals surface area contributed by atoms with Crippen molar-refractivity contribution in [2.75, 3.05) is 7.05 Å². The smallest absolute Gasteiger partial charge is 0.222 e. The van der Waals surface area contributed by atoms with Gasteiger partial charge >= 0.3 is 0 Å². The molecule has 0 bridgehead atoms. The minimum Gasteiger partial charge on any atom is -0.341 e. The van der Waals surface area contributed by atoms with Crippen LogP contribution in [0.2, 0.25) is 0 Å². The van der Waals surface area contributed by atoms with Gasteiger partial charge in [0.05, 0.1) is 0 Å². The summed E-state index contributed by atoms with van der Waals surface area (Å²) in [5.74, 6) is -0.148. The zero-order chi connectivity index (χ0) is 14.1. The number of nitrogens with zero attached hydrogens (tertiary/aromatic N) is 1. The van der Waals surface area contributed by atoms with Crippen LogP contribution in [0.15, 0.2) is 24.3 Å². The van der Waals surface area contributed by atoms with E-state index in [1.165, 1.54) is 25.3 Å². The van der Waals surface area contributed by atoms with Crippen LogP contribution in [0.4, 0.5) is 4.39 Å². The molecule has 0 spiro atoms. The SMILES string of the molecule is CCCCCCCC(=O)N(C)Cc1ccccc1F. The molecule has 0 aliphatic rings. The molecule has 106 valence electrons. The van der Waals surface area contributed by atoms with E-state index < -0.39 is 0 Å². The maximum atomic E-state index is 13.5. The van der Waals surface area contributed by atoms with E-state index in [0.29, 0.717) is 18.5 Å². The van der Waals surface area contributed by atoms with Gasteiger partial charge in [-0.25, -0.2) is 4.39 Å². The second kappa shape index (κ2) is 8.68. The van der Waals surface area contributed by atoms with E-state index >= 15 is 0 Å². The molecular weight excluding hydrogens is 241 g/mol. The first-order chi connectivity index (χ1) is 9.15. The average molecular weight is 265 g/mol. The second-order valence-corrected chi connectivity index (χ2v) is 5.01. The molecule has 0 unspecified atom stereocenters. The van der Waals surface area contributed by atoms with Crippen molar-refractivity contribution in [1.82, 2.24) is 4.90 Å². The molecule has 19 heavy (non-hydrogen) atoms. The number of halogens is 1. The fraction of sp³-hybridized carbons (Fsp3) is 0.562. The van der Waals surface area contributed by atoms with Crippen LogP contribution in [0, 0.1) is 5.82 Å². The fourth-order valence-corrected chi connectivity index (χ4v) is 2.04. The lowest BCUT2D eigenvalue weighted by Gasteiger charge is -2.17. The molecule has 0 aliphatic heterocycles. The molecule has 0 saturated carbocycles. The number of hydrogen-bond donors (Lipinski definition) is 0. The lowest BCUT2D eigenvalue weighted by Crippen LogP contribution is -2.26. The number of hydrogen-bond acceptors (Lipinski definition) is 1. The summed E-state index contributed by atoms with van der Waals surface area (Å²) < 4.78 is 13.5. The van der Waals surface area contributed by atoms with Crippen molar-refractivity contribution in [2.24, 2.45) is 0 Å². The van der Waals surface area contributed by atoms with Crippen LogP contribution in [0.5, 0.6) is 0 Å². The van der Waals surface area contributed by atoms with Crippen molar-refractivity contribution < 1.29 is 9.18 Å². The molecule has 1 rings (SSSR count). The van der Waals surface area contributed by atoms with Gasteiger partial charge in [-0.05, 0) is 12.5 Å². The molecule has 3 heteroatoms. The number of carbonyl (C=O) groups excluding carboxylic acids is 1. The first-order valence-electron chi connectivity index (χ1n) is 7.12. The van der Waals surface area contributed by atoms with Crippen molar-refractivity contribution in [3.05, 3.63) is 35.6 Å². The third-order valence-electron chi connectivity index (χ3n) is 3.29. The summed E-state index contributed by atoms with van der Waals surface area (Å²) in [4.78, 5) is 13.5. The average Bonchev–Trinajstić information content (AvgIpc) is 2.41. The van der Waals surface area contributed by atoms with E-state index in [2.05, 4.69) is 6.92 Å². The molecule has 0 N–H and O–H groups in total. The van der Waals surface area contributed by atoms with Crippen LogP contribution >= 0.6 is 0 Å². The van der Waals surface area contributed by atoms with Gasteiger partial charge < -0.3 is 4.90 Å². The highest BCUT2D eigenvalue weighted by Crippen LogP contribution is 2.11. The Morgan fingerprint density at radius 1 is 1.16 bits per heavy atom. The van der Waals surface area contributed by atoms with Gasteiger partial charge in [-0.15, -0.1) is 0 Å². The third-order valence-corrected chi connectivity index (χ3v) is 3.29. The van der Waals surface area contributed by atoms with Crippen LogP contribution < -0.4 is 0 Å². The molecule has 0 saturated heterocycles. The normalized spacial score (nSPS) is 10.5. The van der Waals surface area contributed by atoms with E-state index in [9.17, 15) is 9.18 Å². The highest BCUT2D eigenvalue weighted by Gasteiger charge is 2.10. The minimum absolute atomic E-state index is 0.0970. The Morgan fingerprint density at radius 2 is 1.84 bits per heavy atom. The lowest BCUT2D eigenvalue weighted by molar-refractivity contribution is -0.130. The first kappa shape index (κ1) is 15.7. The Labute approximate surface area is 115 Å². The summed E-state index contributed by atoms with van der Waals surface area (Å²) in [7, 11) is 1.74. The minimum atomic E-state index is -0.245. The summed E-state index contributed by atoms with van der Waals surface area (Å²) in [5, 5.41) is 0. The van der Waals surface area contributed by atoms with E-state index in [1.54, 1.807) is 30.1 Å². The molecule has 0 atom stereocenters. The molecule has 0 heterocycles. The predicted octanol–water partition coefficient (Wildman–Crippen LogP) is 4.14. The van der Waals surface area contributed by atoms with Gasteiger partial charge in [0, 0.05) is 25.6 Å². The van der Waals surface area contributed by atoms with E-state index in [0.717, 1.165) is 12.8 Å². The van der Waals surface area contributed by atoms with E-state index in [-0.39, 0.29) is 11.7 Å². The molecule has 0 aliphatic carbocycles. The van der Waals surface area contributed by atoms with Crippen molar-refractivity contribution in [1.29, 1.82) is 0 Å². The molecule has 0 fully saturated rings. The first-order valence-corrected chi connectivity index (χ1v) is 7.12. The zero-order valence-corrected chi connectivity index (χ0v) is 12.0. The van der Waals surface area contributed by atoms with Crippen molar-refractivity contribution in [2.45, 2.75) is 52.0 Å². The van der Waals surface area contributed by atoms with Crippen LogP contribution in [0.3, 0.4) is 0 Å². The Morgan fingerprint density at radius 3 is 2.53 bits per heavy atom. The Bertz CT molecular complexity index is 392. The molecular formula is C16H24FNO. The largest absolute Gasteiger partial charge is 0.341 e. The lowest BCUT2D eigenvalue weighted by atomic mass is 10.1. The Balaban J connectivity index is 2.31. The molecule has 2 nitrogen and oxygen atoms in total. The number of unbranched alkanes of at least 4 members (excludes halogenated alkanes) is 4. The number of benzene rings is 1. The van der Waals surface area contributed by atoms with Gasteiger partial charge in [0.1, 0.15) is 5.82 Å². The van der Waals surface area contributed by atoms with Crippen molar-refractivity contribution in [3.8, 4) is 0 Å². The van der Waals surface area contributed by atoms with E-state index in [1.807, 2.05) is 0 Å². The quantitative estimate of drug-likeness (QED) is 0.647. The fourth-order valence-electron chi connectivity index (χ4n) is 2.04. The van der Waals surface area contributed by atoms with Gasteiger partial charge in [0.15, 0.2) is 0 Å². The van der Waals surface area contributed by atoms with Gasteiger partial charge in [-0.3, -0.25) is 4.79 Å². The van der Waals surface area contributed by atoms with Crippen LogP contribution in [0.25, 0.3) is 0 Å². The molecule has 1 aromatic rings. The Kier molecular flexibility index (Phi) is 7.16. The maximum absolute atomic E-state index is 13.5. The molecule has 1 amide bonds. The maximum Gasteiger partial charge on any atom is 0.222 e. The van der Waals surface area contributed by atoms with Gasteiger partial charge in [0.2, 0.25) is 5.91 Å². The highest BCUT2D eigenvalue weighted by molar-refractivity contribution is 5.75. The monoisotopic (exact) mass is 265 g/mol.